The van der Waals surface area contributed by atoms with Crippen molar-refractivity contribution in [1.29, 1.82) is 0 Å². The van der Waals surface area contributed by atoms with Crippen molar-refractivity contribution in [3.8, 4) is 22.9 Å². The number of rotatable bonds is 7. The topological polar surface area (TPSA) is 65.7 Å². The fourth-order valence-corrected chi connectivity index (χ4v) is 4.57. The predicted octanol–water partition coefficient (Wildman–Crippen LogP) is 7.06. The lowest BCUT2D eigenvalue weighted by molar-refractivity contribution is 0.284. The van der Waals surface area contributed by atoms with Gasteiger partial charge in [0.05, 0.1) is 24.2 Å². The number of ether oxygens (including phenoxy) is 2. The normalized spacial score (nSPS) is 11.2. The Labute approximate surface area is 230 Å². The summed E-state index contributed by atoms with van der Waals surface area (Å²) in [5.74, 6) is 1.50. The van der Waals surface area contributed by atoms with Crippen molar-refractivity contribution in [3.63, 3.8) is 0 Å². The molecule has 5 rings (SSSR count). The molecule has 0 spiro atoms. The van der Waals surface area contributed by atoms with Crippen molar-refractivity contribution in [2.75, 3.05) is 7.11 Å². The van der Waals surface area contributed by atoms with Crippen molar-refractivity contribution < 1.29 is 9.47 Å². The SMILES string of the molecule is COc1cc(Br)cc(C=Nn2c(-c3ccccc3)nc3ccccc3c2=O)c1OCc1ccc(Br)cc1. The van der Waals surface area contributed by atoms with E-state index in [9.17, 15) is 4.79 Å². The molecule has 6 nitrogen and oxygen atoms in total. The van der Waals surface area contributed by atoms with E-state index in [2.05, 4.69) is 37.0 Å². The van der Waals surface area contributed by atoms with E-state index in [-0.39, 0.29) is 5.56 Å². The number of aromatic nitrogens is 2. The molecule has 37 heavy (non-hydrogen) atoms. The average Bonchev–Trinajstić information content (AvgIpc) is 2.93. The van der Waals surface area contributed by atoms with Gasteiger partial charge in [-0.05, 0) is 42.0 Å². The Kier molecular flexibility index (Phi) is 7.48. The summed E-state index contributed by atoms with van der Waals surface area (Å²) in [5, 5.41) is 5.08. The monoisotopic (exact) mass is 617 g/mol. The minimum Gasteiger partial charge on any atom is -0.493 e. The van der Waals surface area contributed by atoms with E-state index in [1.807, 2.05) is 84.9 Å². The number of nitrogens with zero attached hydrogens (tertiary/aromatic N) is 3. The Morgan fingerprint density at radius 1 is 0.919 bits per heavy atom. The molecule has 0 aliphatic carbocycles. The van der Waals surface area contributed by atoms with Crippen LogP contribution in [0, 0.1) is 0 Å². The van der Waals surface area contributed by atoms with Gasteiger partial charge in [-0.15, -0.1) is 0 Å². The van der Waals surface area contributed by atoms with Gasteiger partial charge in [0.1, 0.15) is 6.61 Å². The molecule has 1 aromatic heterocycles. The molecule has 0 saturated carbocycles. The summed E-state index contributed by atoms with van der Waals surface area (Å²) in [5.41, 5.74) is 2.77. The lowest BCUT2D eigenvalue weighted by Crippen LogP contribution is -2.20. The van der Waals surface area contributed by atoms with Crippen LogP contribution >= 0.6 is 31.9 Å². The second-order valence-electron chi connectivity index (χ2n) is 8.12. The summed E-state index contributed by atoms with van der Waals surface area (Å²) in [7, 11) is 1.58. The fourth-order valence-electron chi connectivity index (χ4n) is 3.85. The Balaban J connectivity index is 1.60. The van der Waals surface area contributed by atoms with E-state index in [1.165, 1.54) is 4.68 Å². The highest BCUT2D eigenvalue weighted by Gasteiger charge is 2.15. The van der Waals surface area contributed by atoms with Gasteiger partial charge in [0, 0.05) is 20.1 Å². The molecular formula is C29H21Br2N3O3. The van der Waals surface area contributed by atoms with Crippen LogP contribution in [0.3, 0.4) is 0 Å². The first kappa shape index (κ1) is 24.9. The van der Waals surface area contributed by atoms with Crippen LogP contribution in [0.1, 0.15) is 11.1 Å². The van der Waals surface area contributed by atoms with Crippen LogP contribution < -0.4 is 15.0 Å². The maximum Gasteiger partial charge on any atom is 0.282 e. The van der Waals surface area contributed by atoms with E-state index in [0.29, 0.717) is 40.4 Å². The van der Waals surface area contributed by atoms with Crippen LogP contribution in [0.4, 0.5) is 0 Å². The maximum absolute atomic E-state index is 13.5. The molecule has 0 atom stereocenters. The Morgan fingerprint density at radius 3 is 2.41 bits per heavy atom. The number of para-hydroxylation sites is 1. The van der Waals surface area contributed by atoms with Gasteiger partial charge < -0.3 is 9.47 Å². The van der Waals surface area contributed by atoms with Crippen LogP contribution in [0.15, 0.2) is 110 Å². The first-order valence-electron chi connectivity index (χ1n) is 11.4. The molecule has 0 fully saturated rings. The molecule has 4 aromatic carbocycles. The summed E-state index contributed by atoms with van der Waals surface area (Å²) in [6.45, 7) is 0.332. The van der Waals surface area contributed by atoms with E-state index >= 15 is 0 Å². The molecule has 8 heteroatoms. The third kappa shape index (κ3) is 5.50. The van der Waals surface area contributed by atoms with E-state index in [1.54, 1.807) is 19.4 Å². The summed E-state index contributed by atoms with van der Waals surface area (Å²) in [6.07, 6.45) is 1.59. The van der Waals surface area contributed by atoms with Crippen LogP contribution in [-0.2, 0) is 6.61 Å². The predicted molar refractivity (Wildman–Crippen MR) is 154 cm³/mol. The molecule has 5 aromatic rings. The Bertz CT molecular complexity index is 1650. The summed E-state index contributed by atoms with van der Waals surface area (Å²) in [6, 6.07) is 28.3. The lowest BCUT2D eigenvalue weighted by atomic mass is 10.2. The number of hydrogen-bond acceptors (Lipinski definition) is 5. The first-order chi connectivity index (χ1) is 18.0. The van der Waals surface area contributed by atoms with Gasteiger partial charge in [-0.3, -0.25) is 4.79 Å². The molecule has 0 radical (unpaired) electrons. The van der Waals surface area contributed by atoms with Crippen LogP contribution in [0.25, 0.3) is 22.3 Å². The van der Waals surface area contributed by atoms with Crippen molar-refractivity contribution in [2.45, 2.75) is 6.61 Å². The molecule has 0 saturated heterocycles. The van der Waals surface area contributed by atoms with E-state index in [0.717, 1.165) is 20.1 Å². The largest absolute Gasteiger partial charge is 0.493 e. The zero-order chi connectivity index (χ0) is 25.8. The zero-order valence-electron chi connectivity index (χ0n) is 19.8. The highest BCUT2D eigenvalue weighted by molar-refractivity contribution is 9.10. The van der Waals surface area contributed by atoms with Crippen LogP contribution in [0.2, 0.25) is 0 Å². The molecule has 0 bridgehead atoms. The van der Waals surface area contributed by atoms with Gasteiger partial charge in [-0.2, -0.15) is 9.78 Å². The highest BCUT2D eigenvalue weighted by Crippen LogP contribution is 2.35. The third-order valence-electron chi connectivity index (χ3n) is 5.66. The summed E-state index contributed by atoms with van der Waals surface area (Å²) in [4.78, 5) is 18.3. The average molecular weight is 619 g/mol. The Hall–Kier alpha value is -3.75. The van der Waals surface area contributed by atoms with Crippen LogP contribution in [-0.4, -0.2) is 23.0 Å². The van der Waals surface area contributed by atoms with Gasteiger partial charge in [0.2, 0.25) is 0 Å². The minimum absolute atomic E-state index is 0.264. The van der Waals surface area contributed by atoms with Gasteiger partial charge in [-0.25, -0.2) is 4.98 Å². The number of fused-ring (bicyclic) bond motifs is 1. The number of benzene rings is 4. The summed E-state index contributed by atoms with van der Waals surface area (Å²) >= 11 is 6.99. The number of halogens is 2. The standard InChI is InChI=1S/C29H21Br2N3O3/c1-36-26-16-23(31)15-21(27(26)37-18-19-11-13-22(30)14-12-19)17-32-34-28(20-7-3-2-4-8-20)33-25-10-6-5-9-24(25)29(34)35/h2-17H,18H2,1H3. The molecular weight excluding hydrogens is 598 g/mol. The van der Waals surface area contributed by atoms with Gasteiger partial charge in [0.25, 0.3) is 5.56 Å². The van der Waals surface area contributed by atoms with Crippen molar-refractivity contribution >= 4 is 49.0 Å². The first-order valence-corrected chi connectivity index (χ1v) is 13.0. The molecule has 0 unspecified atom stereocenters. The molecule has 0 aliphatic heterocycles. The second-order valence-corrected chi connectivity index (χ2v) is 9.95. The molecule has 1 heterocycles. The summed E-state index contributed by atoms with van der Waals surface area (Å²) < 4.78 is 14.9. The quantitative estimate of drug-likeness (QED) is 0.183. The highest BCUT2D eigenvalue weighted by atomic mass is 79.9. The van der Waals surface area contributed by atoms with Crippen LogP contribution in [0.5, 0.6) is 11.5 Å². The molecule has 0 N–H and O–H groups in total. The van der Waals surface area contributed by atoms with Gasteiger partial charge >= 0.3 is 0 Å². The van der Waals surface area contributed by atoms with E-state index in [4.69, 9.17) is 14.5 Å². The smallest absolute Gasteiger partial charge is 0.282 e. The van der Waals surface area contributed by atoms with Gasteiger partial charge in [0.15, 0.2) is 17.3 Å². The number of hydrogen-bond donors (Lipinski definition) is 0. The fraction of sp³-hybridized carbons (Fsp3) is 0.0690. The van der Waals surface area contributed by atoms with E-state index < -0.39 is 0 Å². The van der Waals surface area contributed by atoms with Crippen molar-refractivity contribution in [1.82, 2.24) is 9.66 Å². The minimum atomic E-state index is -0.264. The zero-order valence-corrected chi connectivity index (χ0v) is 22.9. The molecule has 0 aliphatic rings. The second kappa shape index (κ2) is 11.1. The van der Waals surface area contributed by atoms with Gasteiger partial charge in [-0.1, -0.05) is 86.5 Å². The number of methoxy groups -OCH3 is 1. The Morgan fingerprint density at radius 2 is 1.65 bits per heavy atom. The maximum atomic E-state index is 13.5. The lowest BCUT2D eigenvalue weighted by Gasteiger charge is -2.14. The molecule has 184 valence electrons. The third-order valence-corrected chi connectivity index (χ3v) is 6.65. The molecule has 0 amide bonds. The van der Waals surface area contributed by atoms with Crippen molar-refractivity contribution in [3.05, 3.63) is 121 Å². The van der Waals surface area contributed by atoms with Crippen molar-refractivity contribution in [2.24, 2.45) is 5.10 Å².